The van der Waals surface area contributed by atoms with Gasteiger partial charge >= 0.3 is 6.09 Å². The first-order valence-corrected chi connectivity index (χ1v) is 15.1. The molecule has 1 atom stereocenters. The van der Waals surface area contributed by atoms with Gasteiger partial charge in [0.05, 0.1) is 30.7 Å². The third-order valence-electron chi connectivity index (χ3n) is 7.16. The topological polar surface area (TPSA) is 121 Å². The molecule has 1 aliphatic heterocycles. The van der Waals surface area contributed by atoms with Crippen molar-refractivity contribution in [2.45, 2.75) is 65.0 Å². The van der Waals surface area contributed by atoms with Crippen molar-refractivity contribution >= 4 is 29.2 Å². The molecule has 10 nitrogen and oxygen atoms in total. The molecule has 1 aromatic heterocycles. The minimum Gasteiger partial charge on any atom is -0.444 e. The highest BCUT2D eigenvalue weighted by Crippen LogP contribution is 2.35. The molecule has 0 aliphatic carbocycles. The Balaban J connectivity index is 1.44. The smallest absolute Gasteiger partial charge is 0.412 e. The second-order valence-electron chi connectivity index (χ2n) is 12.0. The third kappa shape index (κ3) is 8.86. The van der Waals surface area contributed by atoms with Gasteiger partial charge in [-0.25, -0.2) is 14.2 Å². The maximum absolute atomic E-state index is 13.9. The van der Waals surface area contributed by atoms with Crippen molar-refractivity contribution in [1.82, 2.24) is 9.55 Å². The van der Waals surface area contributed by atoms with Crippen molar-refractivity contribution in [2.75, 3.05) is 17.2 Å². The number of aromatic nitrogens is 2. The van der Waals surface area contributed by atoms with Gasteiger partial charge in [0.1, 0.15) is 11.4 Å². The molecular formula is C35H37FN4O6. The van der Waals surface area contributed by atoms with Crippen LogP contribution < -0.4 is 10.6 Å². The second-order valence-corrected chi connectivity index (χ2v) is 12.0. The summed E-state index contributed by atoms with van der Waals surface area (Å²) < 4.78 is 32.9. The largest absolute Gasteiger partial charge is 0.444 e. The number of ether oxygens (including phenoxy) is 3. The van der Waals surface area contributed by atoms with Crippen molar-refractivity contribution in [3.05, 3.63) is 96.3 Å². The number of nitrogens with one attached hydrogen (secondary N) is 2. The predicted molar refractivity (Wildman–Crippen MR) is 171 cm³/mol. The number of halogens is 1. The van der Waals surface area contributed by atoms with Gasteiger partial charge in [-0.15, -0.1) is 0 Å². The van der Waals surface area contributed by atoms with Crippen LogP contribution >= 0.6 is 0 Å². The van der Waals surface area contributed by atoms with Gasteiger partial charge in [-0.2, -0.15) is 0 Å². The Labute approximate surface area is 266 Å². The third-order valence-corrected chi connectivity index (χ3v) is 7.16. The van der Waals surface area contributed by atoms with Gasteiger partial charge in [0.15, 0.2) is 12.1 Å². The number of hydrogen-bond acceptors (Lipinski definition) is 7. The summed E-state index contributed by atoms with van der Waals surface area (Å²) >= 11 is 0. The first-order valence-electron chi connectivity index (χ1n) is 15.1. The molecule has 2 heterocycles. The zero-order chi connectivity index (χ0) is 32.7. The van der Waals surface area contributed by atoms with Gasteiger partial charge in [-0.1, -0.05) is 24.3 Å². The Hall–Kier alpha value is -4.87. The fourth-order valence-corrected chi connectivity index (χ4v) is 5.00. The molecule has 11 heteroatoms. The molecule has 1 fully saturated rings. The molecule has 1 aliphatic rings. The average Bonchev–Trinajstić information content (AvgIpc) is 3.56. The molecule has 1 saturated heterocycles. The molecule has 240 valence electrons. The number of imidazole rings is 1. The Kier molecular flexibility index (Phi) is 10.2. The molecule has 2 N–H and O–H groups in total. The number of Topliss-reactive ketones (excluding diaryl/α,β-unsaturated/α-hetero) is 1. The van der Waals surface area contributed by atoms with Crippen molar-refractivity contribution in [1.29, 1.82) is 0 Å². The minimum absolute atomic E-state index is 0.125. The highest BCUT2D eigenvalue weighted by Gasteiger charge is 2.22. The van der Waals surface area contributed by atoms with E-state index in [9.17, 15) is 18.8 Å². The lowest BCUT2D eigenvalue weighted by Crippen LogP contribution is -2.28. The van der Waals surface area contributed by atoms with Crippen LogP contribution in [0.15, 0.2) is 79.4 Å². The number of anilines is 2. The lowest BCUT2D eigenvalue weighted by molar-refractivity contribution is -0.168. The summed E-state index contributed by atoms with van der Waals surface area (Å²) in [5, 5.41) is 5.52. The van der Waals surface area contributed by atoms with Gasteiger partial charge in [0, 0.05) is 30.3 Å². The summed E-state index contributed by atoms with van der Waals surface area (Å²) in [6.45, 7) is 5.95. The second kappa shape index (κ2) is 14.5. The van der Waals surface area contributed by atoms with Gasteiger partial charge in [0.25, 0.3) is 0 Å². The zero-order valence-corrected chi connectivity index (χ0v) is 26.0. The van der Waals surface area contributed by atoms with Crippen LogP contribution in [0, 0.1) is 5.82 Å². The number of rotatable bonds is 10. The van der Waals surface area contributed by atoms with Crippen LogP contribution in [-0.2, 0) is 25.6 Å². The quantitative estimate of drug-likeness (QED) is 0.140. The van der Waals surface area contributed by atoms with E-state index in [0.717, 1.165) is 24.9 Å². The number of carbonyl (C=O) groups is 3. The summed E-state index contributed by atoms with van der Waals surface area (Å²) in [4.78, 5) is 43.4. The molecule has 0 spiro atoms. The molecule has 46 heavy (non-hydrogen) atoms. The molecule has 5 rings (SSSR count). The van der Waals surface area contributed by atoms with E-state index in [4.69, 9.17) is 14.2 Å². The van der Waals surface area contributed by atoms with Crippen molar-refractivity contribution in [3.8, 4) is 16.8 Å². The maximum atomic E-state index is 13.9. The van der Waals surface area contributed by atoms with E-state index in [0.29, 0.717) is 28.9 Å². The number of benzene rings is 3. The molecule has 1 unspecified atom stereocenters. The van der Waals surface area contributed by atoms with E-state index in [1.165, 1.54) is 12.1 Å². The van der Waals surface area contributed by atoms with Gasteiger partial charge in [-0.05, 0) is 93.1 Å². The van der Waals surface area contributed by atoms with E-state index >= 15 is 0 Å². The molecule has 0 radical (unpaired) electrons. The first kappa shape index (κ1) is 32.5. The van der Waals surface area contributed by atoms with Gasteiger partial charge in [0.2, 0.25) is 5.91 Å². The Morgan fingerprint density at radius 1 is 1.02 bits per heavy atom. The molecule has 3 aromatic carbocycles. The normalized spacial score (nSPS) is 14.8. The standard InChI is InChI=1S/C35H37FN4O6/c1-35(2,3)46-34(43)39-29-18-25(21-45-33-9-4-5-16-44-33)28(23-10-12-26(36)13-11-23)19-30(29)38-32(42)20-31(41)24-7-6-8-27(17-24)40-15-14-37-22-40/h6-8,10-15,17-19,22,33H,4-5,9,16,20-21H2,1-3H3,(H,38,42)(H,39,43). The number of nitrogens with zero attached hydrogens (tertiary/aromatic N) is 2. The minimum atomic E-state index is -0.774. The van der Waals surface area contributed by atoms with Gasteiger partial charge < -0.3 is 24.1 Å². The highest BCUT2D eigenvalue weighted by atomic mass is 19.1. The average molecular weight is 629 g/mol. The van der Waals surface area contributed by atoms with E-state index in [2.05, 4.69) is 15.6 Å². The van der Waals surface area contributed by atoms with Crippen LogP contribution in [0.2, 0.25) is 0 Å². The Morgan fingerprint density at radius 3 is 2.50 bits per heavy atom. The predicted octanol–water partition coefficient (Wildman–Crippen LogP) is 7.28. The monoisotopic (exact) mass is 628 g/mol. The van der Waals surface area contributed by atoms with Crippen LogP contribution in [0.1, 0.15) is 62.4 Å². The first-order chi connectivity index (χ1) is 22.0. The lowest BCUT2D eigenvalue weighted by atomic mass is 9.97. The summed E-state index contributed by atoms with van der Waals surface area (Å²) in [6.07, 6.45) is 6.15. The van der Waals surface area contributed by atoms with E-state index in [-0.39, 0.29) is 24.3 Å². The molecule has 0 bridgehead atoms. The summed E-state index contributed by atoms with van der Waals surface area (Å²) in [5.74, 6) is -1.38. The van der Waals surface area contributed by atoms with Crippen molar-refractivity contribution < 1.29 is 33.0 Å². The number of amides is 2. The molecule has 2 amide bonds. The van der Waals surface area contributed by atoms with Crippen LogP contribution in [0.3, 0.4) is 0 Å². The molecular weight excluding hydrogens is 591 g/mol. The number of carbonyl (C=O) groups excluding carboxylic acids is 3. The van der Waals surface area contributed by atoms with Crippen LogP contribution in [0.25, 0.3) is 16.8 Å². The molecule has 4 aromatic rings. The van der Waals surface area contributed by atoms with Crippen LogP contribution in [0.5, 0.6) is 0 Å². The zero-order valence-electron chi connectivity index (χ0n) is 26.0. The van der Waals surface area contributed by atoms with E-state index < -0.39 is 35.6 Å². The Bertz CT molecular complexity index is 1680. The summed E-state index contributed by atoms with van der Waals surface area (Å²) in [5.41, 5.74) is 2.75. The number of ketones is 1. The van der Waals surface area contributed by atoms with Crippen LogP contribution in [0.4, 0.5) is 20.6 Å². The summed E-state index contributed by atoms with van der Waals surface area (Å²) in [7, 11) is 0. The van der Waals surface area contributed by atoms with E-state index in [1.54, 1.807) is 86.5 Å². The Morgan fingerprint density at radius 2 is 1.80 bits per heavy atom. The fourth-order valence-electron chi connectivity index (χ4n) is 5.00. The van der Waals surface area contributed by atoms with Crippen molar-refractivity contribution in [3.63, 3.8) is 0 Å². The fraction of sp³-hybridized carbons (Fsp3) is 0.314. The van der Waals surface area contributed by atoms with Crippen molar-refractivity contribution in [2.24, 2.45) is 0 Å². The van der Waals surface area contributed by atoms with E-state index in [1.807, 2.05) is 6.07 Å². The maximum Gasteiger partial charge on any atom is 0.412 e. The SMILES string of the molecule is CC(C)(C)OC(=O)Nc1cc(COC2CCCCO2)c(-c2ccc(F)cc2)cc1NC(=O)CC(=O)c1cccc(-n2ccnc2)c1. The van der Waals surface area contributed by atoms with Gasteiger partial charge in [-0.3, -0.25) is 14.9 Å². The lowest BCUT2D eigenvalue weighted by Gasteiger charge is -2.24. The summed E-state index contributed by atoms with van der Waals surface area (Å²) in [6, 6.07) is 16.2. The molecule has 0 saturated carbocycles. The van der Waals surface area contributed by atoms with Crippen LogP contribution in [-0.4, -0.2) is 45.8 Å². The highest BCUT2D eigenvalue weighted by molar-refractivity contribution is 6.12. The number of hydrogen-bond donors (Lipinski definition) is 2.